The Morgan fingerprint density at radius 2 is 2.20 bits per heavy atom. The smallest absolute Gasteiger partial charge is 0.339 e. The summed E-state index contributed by atoms with van der Waals surface area (Å²) in [7, 11) is 0. The molecular weight excluding hydrogens is 274 g/mol. The highest BCUT2D eigenvalue weighted by atomic mass is 32.1. The van der Waals surface area contributed by atoms with Gasteiger partial charge < -0.3 is 5.73 Å². The number of thiophene rings is 1. The van der Waals surface area contributed by atoms with E-state index in [2.05, 4.69) is 4.98 Å². The number of hydrogen-bond donors (Lipinski definition) is 2. The highest BCUT2D eigenvalue weighted by molar-refractivity contribution is 7.13. The molecule has 2 heterocycles. The van der Waals surface area contributed by atoms with Gasteiger partial charge in [0.2, 0.25) is 0 Å². The Bertz CT molecular complexity index is 610. The van der Waals surface area contributed by atoms with Crippen LogP contribution < -0.4 is 5.73 Å². The standard InChI is InChI=1S/C14H15N3O2S/c1-10(17(19)14(15)18)13-8-7-12(20-13)6-5-11-4-2-3-9-16-11/h2-10,19H,1H3,(H2,15,18). The van der Waals surface area contributed by atoms with Crippen molar-refractivity contribution in [1.29, 1.82) is 0 Å². The topological polar surface area (TPSA) is 79.4 Å². The minimum Gasteiger partial charge on any atom is -0.350 e. The van der Waals surface area contributed by atoms with Crippen molar-refractivity contribution >= 4 is 29.5 Å². The fourth-order valence-electron chi connectivity index (χ4n) is 1.64. The van der Waals surface area contributed by atoms with Gasteiger partial charge in [-0.25, -0.2) is 4.79 Å². The average Bonchev–Trinajstić information content (AvgIpc) is 2.93. The van der Waals surface area contributed by atoms with Crippen molar-refractivity contribution in [2.24, 2.45) is 5.73 Å². The minimum atomic E-state index is -0.864. The summed E-state index contributed by atoms with van der Waals surface area (Å²) in [5, 5.41) is 10.0. The first-order valence-corrected chi connectivity index (χ1v) is 6.86. The number of primary amides is 1. The van der Waals surface area contributed by atoms with Crippen LogP contribution in [0.3, 0.4) is 0 Å². The van der Waals surface area contributed by atoms with Crippen molar-refractivity contribution in [3.05, 3.63) is 52.0 Å². The van der Waals surface area contributed by atoms with Gasteiger partial charge in [0, 0.05) is 16.0 Å². The largest absolute Gasteiger partial charge is 0.350 e. The monoisotopic (exact) mass is 289 g/mol. The van der Waals surface area contributed by atoms with Crippen LogP contribution in [-0.2, 0) is 0 Å². The van der Waals surface area contributed by atoms with E-state index in [0.29, 0.717) is 5.06 Å². The number of aromatic nitrogens is 1. The van der Waals surface area contributed by atoms with Gasteiger partial charge in [-0.3, -0.25) is 10.2 Å². The van der Waals surface area contributed by atoms with E-state index < -0.39 is 12.1 Å². The third-order valence-corrected chi connectivity index (χ3v) is 3.98. The van der Waals surface area contributed by atoms with Crippen LogP contribution in [0.15, 0.2) is 36.5 Å². The van der Waals surface area contributed by atoms with Gasteiger partial charge in [0.25, 0.3) is 0 Å². The molecule has 0 radical (unpaired) electrons. The van der Waals surface area contributed by atoms with Crippen LogP contribution in [0.4, 0.5) is 4.79 Å². The Morgan fingerprint density at radius 3 is 2.85 bits per heavy atom. The van der Waals surface area contributed by atoms with E-state index in [9.17, 15) is 10.0 Å². The average molecular weight is 289 g/mol. The number of nitrogens with two attached hydrogens (primary N) is 1. The summed E-state index contributed by atoms with van der Waals surface area (Å²) >= 11 is 1.48. The number of rotatable bonds is 4. The third-order valence-electron chi connectivity index (χ3n) is 2.76. The zero-order valence-corrected chi connectivity index (χ0v) is 11.7. The van der Waals surface area contributed by atoms with E-state index in [-0.39, 0.29) is 0 Å². The maximum Gasteiger partial charge on any atom is 0.339 e. The Hall–Kier alpha value is -2.18. The van der Waals surface area contributed by atoms with Gasteiger partial charge in [0.1, 0.15) is 0 Å². The molecule has 0 saturated carbocycles. The molecule has 0 aromatic carbocycles. The lowest BCUT2D eigenvalue weighted by Gasteiger charge is -2.18. The van der Waals surface area contributed by atoms with E-state index >= 15 is 0 Å². The number of hydrogen-bond acceptors (Lipinski definition) is 4. The summed E-state index contributed by atoms with van der Waals surface area (Å²) in [6.07, 6.45) is 5.58. The summed E-state index contributed by atoms with van der Waals surface area (Å²) in [5.74, 6) is 0. The molecule has 6 heteroatoms. The molecule has 104 valence electrons. The van der Waals surface area contributed by atoms with Crippen molar-refractivity contribution in [2.75, 3.05) is 0 Å². The van der Waals surface area contributed by atoms with Crippen LogP contribution >= 0.6 is 11.3 Å². The van der Waals surface area contributed by atoms with Gasteiger partial charge in [-0.05, 0) is 43.3 Å². The molecule has 2 aromatic heterocycles. The van der Waals surface area contributed by atoms with E-state index in [0.717, 1.165) is 15.4 Å². The molecule has 1 atom stereocenters. The maximum absolute atomic E-state index is 10.9. The summed E-state index contributed by atoms with van der Waals surface area (Å²) in [4.78, 5) is 17.0. The molecule has 0 aliphatic heterocycles. The molecule has 0 bridgehead atoms. The molecule has 5 nitrogen and oxygen atoms in total. The Labute approximate surface area is 120 Å². The van der Waals surface area contributed by atoms with Gasteiger partial charge in [0.15, 0.2) is 0 Å². The van der Waals surface area contributed by atoms with Crippen LogP contribution in [0.2, 0.25) is 0 Å². The lowest BCUT2D eigenvalue weighted by atomic mass is 10.2. The molecule has 0 spiro atoms. The first-order valence-electron chi connectivity index (χ1n) is 6.04. The zero-order chi connectivity index (χ0) is 14.5. The second-order valence-corrected chi connectivity index (χ2v) is 5.33. The molecule has 2 rings (SSSR count). The second kappa shape index (κ2) is 6.31. The lowest BCUT2D eigenvalue weighted by Crippen LogP contribution is -2.34. The molecule has 20 heavy (non-hydrogen) atoms. The second-order valence-electron chi connectivity index (χ2n) is 4.19. The Balaban J connectivity index is 2.09. The van der Waals surface area contributed by atoms with E-state index in [1.165, 1.54) is 11.3 Å². The number of urea groups is 1. The van der Waals surface area contributed by atoms with Gasteiger partial charge in [-0.1, -0.05) is 6.07 Å². The van der Waals surface area contributed by atoms with Crippen molar-refractivity contribution < 1.29 is 10.0 Å². The predicted molar refractivity (Wildman–Crippen MR) is 79.1 cm³/mol. The molecule has 2 aromatic rings. The van der Waals surface area contributed by atoms with Crippen LogP contribution in [0.1, 0.15) is 28.4 Å². The number of carbonyl (C=O) groups excluding carboxylic acids is 1. The highest BCUT2D eigenvalue weighted by Crippen LogP contribution is 2.27. The Kier molecular flexibility index (Phi) is 4.49. The molecular formula is C14H15N3O2S. The molecule has 0 aliphatic carbocycles. The number of pyridine rings is 1. The van der Waals surface area contributed by atoms with Gasteiger partial charge in [-0.15, -0.1) is 11.3 Å². The predicted octanol–water partition coefficient (Wildman–Crippen LogP) is 3.14. The highest BCUT2D eigenvalue weighted by Gasteiger charge is 2.18. The molecule has 1 unspecified atom stereocenters. The Morgan fingerprint density at radius 1 is 1.40 bits per heavy atom. The molecule has 0 aliphatic rings. The summed E-state index contributed by atoms with van der Waals surface area (Å²) < 4.78 is 0. The van der Waals surface area contributed by atoms with Gasteiger partial charge in [-0.2, -0.15) is 5.06 Å². The van der Waals surface area contributed by atoms with Crippen molar-refractivity contribution in [1.82, 2.24) is 10.0 Å². The number of carbonyl (C=O) groups is 1. The summed E-state index contributed by atoms with van der Waals surface area (Å²) in [5.41, 5.74) is 5.91. The fourth-order valence-corrected chi connectivity index (χ4v) is 2.59. The SMILES string of the molecule is CC(c1ccc(C=Cc2ccccn2)s1)N(O)C(N)=O. The normalized spacial score (nSPS) is 12.5. The van der Waals surface area contributed by atoms with Crippen LogP contribution in [0, 0.1) is 0 Å². The fraction of sp³-hybridized carbons (Fsp3) is 0.143. The van der Waals surface area contributed by atoms with Crippen LogP contribution in [0.5, 0.6) is 0 Å². The minimum absolute atomic E-state index is 0.463. The zero-order valence-electron chi connectivity index (χ0n) is 10.9. The van der Waals surface area contributed by atoms with Crippen molar-refractivity contribution in [3.8, 4) is 0 Å². The molecule has 0 saturated heterocycles. The van der Waals surface area contributed by atoms with Gasteiger partial charge in [0.05, 0.1) is 11.7 Å². The van der Waals surface area contributed by atoms with Crippen molar-refractivity contribution in [2.45, 2.75) is 13.0 Å². The van der Waals surface area contributed by atoms with E-state index in [1.54, 1.807) is 13.1 Å². The van der Waals surface area contributed by atoms with Crippen LogP contribution in [0.25, 0.3) is 12.2 Å². The first kappa shape index (κ1) is 14.2. The number of nitrogens with zero attached hydrogens (tertiary/aromatic N) is 2. The summed E-state index contributed by atoms with van der Waals surface area (Å²) in [6, 6.07) is 8.15. The summed E-state index contributed by atoms with van der Waals surface area (Å²) in [6.45, 7) is 1.71. The lowest BCUT2D eigenvalue weighted by molar-refractivity contribution is -0.0700. The van der Waals surface area contributed by atoms with Gasteiger partial charge >= 0.3 is 6.03 Å². The molecule has 3 N–H and O–H groups in total. The molecule has 2 amide bonds. The first-order chi connectivity index (χ1) is 9.58. The van der Waals surface area contributed by atoms with E-state index in [1.807, 2.05) is 42.5 Å². The van der Waals surface area contributed by atoms with E-state index in [4.69, 9.17) is 5.73 Å². The third kappa shape index (κ3) is 3.43. The number of hydroxylamine groups is 2. The molecule has 0 fully saturated rings. The maximum atomic E-state index is 10.9. The number of amides is 2. The quantitative estimate of drug-likeness (QED) is 0.670. The van der Waals surface area contributed by atoms with Crippen LogP contribution in [-0.4, -0.2) is 21.3 Å². The van der Waals surface area contributed by atoms with Crippen molar-refractivity contribution in [3.63, 3.8) is 0 Å².